The Morgan fingerprint density at radius 1 is 0.143 bits per heavy atom. The average molecular weight is 1520 g/mol. The molecule has 0 amide bonds. The van der Waals surface area contributed by atoms with Gasteiger partial charge in [0.05, 0.1) is 0 Å². The number of nitrogens with zero attached hydrogens (tertiary/aromatic N) is 4. The molecule has 0 aromatic heterocycles. The normalized spacial score (nSPS) is 11.8. The van der Waals surface area contributed by atoms with Crippen LogP contribution in [0, 0.1) is 0 Å². The molecule has 119 heavy (non-hydrogen) atoms. The third-order valence-electron chi connectivity index (χ3n) is 23.6. The van der Waals surface area contributed by atoms with Crippen LogP contribution in [0.4, 0.5) is 68.2 Å². The number of fused-ring (bicyclic) bond motifs is 7. The monoisotopic (exact) mass is 1520 g/mol. The summed E-state index contributed by atoms with van der Waals surface area (Å²) in [5.74, 6) is 0. The molecule has 4 heteroatoms. The molecule has 0 fully saturated rings. The summed E-state index contributed by atoms with van der Waals surface area (Å²) in [6, 6.07) is 171. The van der Waals surface area contributed by atoms with Crippen molar-refractivity contribution >= 4 is 111 Å². The summed E-state index contributed by atoms with van der Waals surface area (Å²) in [6.07, 6.45) is 0. The molecule has 0 spiro atoms. The summed E-state index contributed by atoms with van der Waals surface area (Å²) < 4.78 is 0. The molecule has 0 saturated heterocycles. The Morgan fingerprint density at radius 2 is 0.319 bits per heavy atom. The Balaban J connectivity index is 0.000000153. The molecular weight excluding hydrogens is 1440 g/mol. The molecule has 0 atom stereocenters. The first-order valence-corrected chi connectivity index (χ1v) is 41.0. The highest BCUT2D eigenvalue weighted by molar-refractivity contribution is 6.23. The van der Waals surface area contributed by atoms with E-state index in [4.69, 9.17) is 0 Å². The van der Waals surface area contributed by atoms with Crippen molar-refractivity contribution in [1.29, 1.82) is 0 Å². The Kier molecular flexibility index (Phi) is 19.4. The van der Waals surface area contributed by atoms with Crippen molar-refractivity contribution in [2.75, 3.05) is 19.6 Å². The second kappa shape index (κ2) is 31.8. The summed E-state index contributed by atoms with van der Waals surface area (Å²) in [6.45, 7) is 4.78. The lowest BCUT2D eigenvalue weighted by Gasteiger charge is -2.29. The lowest BCUT2D eigenvalue weighted by molar-refractivity contribution is 0.660. The maximum atomic E-state index is 2.48. The van der Waals surface area contributed by atoms with Crippen molar-refractivity contribution < 1.29 is 0 Å². The van der Waals surface area contributed by atoms with E-state index in [1.54, 1.807) is 0 Å². The number of para-hydroxylation sites is 6. The quantitative estimate of drug-likeness (QED) is 0.0843. The van der Waals surface area contributed by atoms with Crippen LogP contribution in [0.15, 0.2) is 473 Å². The topological polar surface area (TPSA) is 13.0 Å². The van der Waals surface area contributed by atoms with E-state index in [0.29, 0.717) is 0 Å². The minimum atomic E-state index is -0.232. The van der Waals surface area contributed by atoms with Crippen LogP contribution < -0.4 is 19.6 Å². The van der Waals surface area contributed by atoms with Gasteiger partial charge in [-0.3, -0.25) is 0 Å². The summed E-state index contributed by atoms with van der Waals surface area (Å²) in [5.41, 5.74) is 30.8. The summed E-state index contributed by atoms with van der Waals surface area (Å²) in [5, 5.41) is 10.2. The van der Waals surface area contributed by atoms with Gasteiger partial charge in [-0.25, -0.2) is 0 Å². The molecule has 20 aromatic rings. The van der Waals surface area contributed by atoms with E-state index in [9.17, 15) is 0 Å². The Bertz CT molecular complexity index is 6800. The molecule has 1 aliphatic carbocycles. The molecule has 4 nitrogen and oxygen atoms in total. The molecule has 0 aliphatic heterocycles. The van der Waals surface area contributed by atoms with E-state index >= 15 is 0 Å². The van der Waals surface area contributed by atoms with Crippen molar-refractivity contribution in [2.24, 2.45) is 0 Å². The van der Waals surface area contributed by atoms with Gasteiger partial charge in [0.15, 0.2) is 0 Å². The zero-order chi connectivity index (χ0) is 79.6. The molecule has 0 radical (unpaired) electrons. The second-order valence-electron chi connectivity index (χ2n) is 31.0. The average Bonchev–Trinajstić information content (AvgIpc) is 1.60. The maximum absolute atomic E-state index is 2.48. The van der Waals surface area contributed by atoms with Gasteiger partial charge in [-0.1, -0.05) is 335 Å². The highest BCUT2D eigenvalue weighted by Gasteiger charge is 2.37. The highest BCUT2D eigenvalue weighted by atomic mass is 15.2. The van der Waals surface area contributed by atoms with Crippen LogP contribution in [-0.4, -0.2) is 0 Å². The van der Waals surface area contributed by atoms with Gasteiger partial charge in [0.1, 0.15) is 0 Å². The van der Waals surface area contributed by atoms with Crippen LogP contribution in [0.3, 0.4) is 0 Å². The first-order valence-electron chi connectivity index (χ1n) is 41.0. The standard InChI is InChI=1S/C59H44N2.C56H40N2/c1-59(2)55-39-42(58-53-29-17-15-27-51(53)57(41-19-7-3-8-20-41)52-28-16-18-30-54(52)58)31-37-49(55)50-38-36-48(40-56(50)59)61(45-25-13-6-14-26-45)47-34-32-46(33-35-47)60(43-21-9-4-10-22-43)44-23-11-5-12-24-44;1-5-17-43(18-6-1)55-51-25-13-15-27-53(51)56(54-28-16-14-26-52(54)55)44-31-29-41(30-32-44)42-33-35-48(36-34-42)58(47-23-11-4-12-24-47)50-39-37-49(38-40-50)57(45-19-7-2-8-20-45)46-21-9-3-10-22-46/h3-40H,1-2H3;1-40H. The van der Waals surface area contributed by atoms with Crippen molar-refractivity contribution in [1.82, 2.24) is 0 Å². The third-order valence-corrected chi connectivity index (χ3v) is 23.6. The second-order valence-corrected chi connectivity index (χ2v) is 31.0. The lowest BCUT2D eigenvalue weighted by atomic mass is 9.80. The zero-order valence-corrected chi connectivity index (χ0v) is 66.3. The van der Waals surface area contributed by atoms with Crippen LogP contribution in [-0.2, 0) is 5.41 Å². The molecule has 0 bridgehead atoms. The Morgan fingerprint density at radius 3 is 0.605 bits per heavy atom. The van der Waals surface area contributed by atoms with Crippen molar-refractivity contribution in [3.63, 3.8) is 0 Å². The predicted molar refractivity (Wildman–Crippen MR) is 506 cm³/mol. The first-order chi connectivity index (χ1) is 58.8. The van der Waals surface area contributed by atoms with Crippen LogP contribution in [0.2, 0.25) is 0 Å². The zero-order valence-electron chi connectivity index (χ0n) is 66.3. The largest absolute Gasteiger partial charge is 0.311 e. The Labute approximate surface area is 696 Å². The number of hydrogen-bond acceptors (Lipinski definition) is 4. The molecular formula is C115H84N4. The smallest absolute Gasteiger partial charge is 0.0465 e. The highest BCUT2D eigenvalue weighted by Crippen LogP contribution is 2.54. The predicted octanol–water partition coefficient (Wildman–Crippen LogP) is 32.5. The molecule has 0 unspecified atom stereocenters. The fraction of sp³-hybridized carbons (Fsp3) is 0.0261. The Hall–Kier alpha value is -15.4. The van der Waals surface area contributed by atoms with E-state index in [-0.39, 0.29) is 5.41 Å². The van der Waals surface area contributed by atoms with Gasteiger partial charge in [-0.15, -0.1) is 0 Å². The maximum Gasteiger partial charge on any atom is 0.0465 e. The molecule has 1 aliphatic rings. The van der Waals surface area contributed by atoms with E-state index < -0.39 is 0 Å². The number of anilines is 12. The van der Waals surface area contributed by atoms with E-state index in [0.717, 1.165) is 68.2 Å². The van der Waals surface area contributed by atoms with Crippen molar-refractivity contribution in [2.45, 2.75) is 19.3 Å². The van der Waals surface area contributed by atoms with Gasteiger partial charge in [0, 0.05) is 73.7 Å². The van der Waals surface area contributed by atoms with Gasteiger partial charge >= 0.3 is 0 Å². The van der Waals surface area contributed by atoms with Crippen molar-refractivity contribution in [3.05, 3.63) is 484 Å². The number of hydrogen-bond donors (Lipinski definition) is 0. The third kappa shape index (κ3) is 13.8. The van der Waals surface area contributed by atoms with E-state index in [1.165, 1.54) is 121 Å². The molecule has 0 heterocycles. The van der Waals surface area contributed by atoms with E-state index in [2.05, 4.69) is 507 Å². The molecule has 20 aromatic carbocycles. The van der Waals surface area contributed by atoms with Gasteiger partial charge < -0.3 is 19.6 Å². The molecule has 564 valence electrons. The number of rotatable bonds is 17. The fourth-order valence-electron chi connectivity index (χ4n) is 18.1. The van der Waals surface area contributed by atoms with E-state index in [1.807, 2.05) is 0 Å². The minimum absolute atomic E-state index is 0.232. The summed E-state index contributed by atoms with van der Waals surface area (Å²) >= 11 is 0. The number of benzene rings is 20. The van der Waals surface area contributed by atoms with Crippen LogP contribution in [0.1, 0.15) is 25.0 Å². The lowest BCUT2D eigenvalue weighted by Crippen LogP contribution is -2.17. The summed E-state index contributed by atoms with van der Waals surface area (Å²) in [7, 11) is 0. The van der Waals surface area contributed by atoms with Crippen LogP contribution in [0.25, 0.3) is 110 Å². The fourth-order valence-corrected chi connectivity index (χ4v) is 18.1. The molecule has 0 saturated carbocycles. The first kappa shape index (κ1) is 72.6. The van der Waals surface area contributed by atoms with Gasteiger partial charge in [0.2, 0.25) is 0 Å². The molecule has 0 N–H and O–H groups in total. The minimum Gasteiger partial charge on any atom is -0.311 e. The molecule has 21 rings (SSSR count). The van der Waals surface area contributed by atoms with Gasteiger partial charge in [-0.2, -0.15) is 0 Å². The van der Waals surface area contributed by atoms with Gasteiger partial charge in [0.25, 0.3) is 0 Å². The SMILES string of the molecule is CC1(C)c2cc(-c3c4ccccc4c(-c4ccccc4)c4ccccc34)ccc2-c2ccc(N(c3ccccc3)c3ccc(N(c4ccccc4)c4ccccc4)cc3)cc21.c1ccc(-c2c3ccccc3c(-c3ccc(-c4ccc(N(c5ccccc5)c5ccc(N(c6ccccc6)c6ccccc6)cc5)cc4)cc3)c3ccccc23)cc1. The van der Waals surface area contributed by atoms with Crippen molar-refractivity contribution in [3.8, 4) is 66.8 Å². The van der Waals surface area contributed by atoms with Crippen LogP contribution >= 0.6 is 0 Å². The van der Waals surface area contributed by atoms with Crippen LogP contribution in [0.5, 0.6) is 0 Å². The summed E-state index contributed by atoms with van der Waals surface area (Å²) in [4.78, 5) is 9.31. The van der Waals surface area contributed by atoms with Gasteiger partial charge in [-0.05, 0) is 273 Å².